The molecule has 1 aromatic heterocycles. The Balaban J connectivity index is 2.23. The van der Waals surface area contributed by atoms with Crippen LogP contribution in [0.5, 0.6) is 11.8 Å². The standard InChI is InChI=1S/C14H14Cl2N2O/c1-3-10-6-12(4-5-13(10)16)19-14-17-8-11(7-15)9(2)18-14/h4-6,8H,3,7H2,1-2H3. The highest BCUT2D eigenvalue weighted by Crippen LogP contribution is 2.25. The fourth-order valence-corrected chi connectivity index (χ4v) is 2.16. The molecular formula is C14H14Cl2N2O. The van der Waals surface area contributed by atoms with Crippen molar-refractivity contribution in [2.24, 2.45) is 0 Å². The summed E-state index contributed by atoms with van der Waals surface area (Å²) in [6, 6.07) is 5.83. The van der Waals surface area contributed by atoms with Crippen LogP contribution in [0.15, 0.2) is 24.4 Å². The van der Waals surface area contributed by atoms with Gasteiger partial charge in [0.25, 0.3) is 0 Å². The molecule has 0 atom stereocenters. The van der Waals surface area contributed by atoms with E-state index in [0.717, 1.165) is 28.3 Å². The van der Waals surface area contributed by atoms with E-state index in [9.17, 15) is 0 Å². The first kappa shape index (κ1) is 14.1. The molecule has 0 aliphatic carbocycles. The maximum atomic E-state index is 6.06. The molecule has 1 aromatic carbocycles. The highest BCUT2D eigenvalue weighted by atomic mass is 35.5. The minimum absolute atomic E-state index is 0.316. The van der Waals surface area contributed by atoms with E-state index in [0.29, 0.717) is 17.6 Å². The summed E-state index contributed by atoms with van der Waals surface area (Å²) in [4.78, 5) is 8.40. The minimum Gasteiger partial charge on any atom is -0.424 e. The first-order chi connectivity index (χ1) is 9.13. The third-order valence-corrected chi connectivity index (χ3v) is 3.47. The number of rotatable bonds is 4. The van der Waals surface area contributed by atoms with E-state index < -0.39 is 0 Å². The van der Waals surface area contributed by atoms with Crippen LogP contribution in [-0.4, -0.2) is 9.97 Å². The largest absolute Gasteiger partial charge is 0.424 e. The fourth-order valence-electron chi connectivity index (χ4n) is 1.64. The molecule has 0 saturated carbocycles. The second-order valence-corrected chi connectivity index (χ2v) is 4.78. The highest BCUT2D eigenvalue weighted by molar-refractivity contribution is 6.31. The van der Waals surface area contributed by atoms with Crippen molar-refractivity contribution in [1.29, 1.82) is 0 Å². The summed E-state index contributed by atoms with van der Waals surface area (Å²) < 4.78 is 5.63. The molecule has 0 saturated heterocycles. The molecule has 5 heteroatoms. The number of benzene rings is 1. The van der Waals surface area contributed by atoms with Crippen LogP contribution in [0.1, 0.15) is 23.7 Å². The number of aromatic nitrogens is 2. The Kier molecular flexibility index (Phi) is 4.61. The van der Waals surface area contributed by atoms with Gasteiger partial charge in [-0.2, -0.15) is 4.98 Å². The Hall–Kier alpha value is -1.32. The Morgan fingerprint density at radius 2 is 2.05 bits per heavy atom. The second-order valence-electron chi connectivity index (χ2n) is 4.11. The number of hydrogen-bond donors (Lipinski definition) is 0. The van der Waals surface area contributed by atoms with Crippen molar-refractivity contribution in [3.05, 3.63) is 46.2 Å². The van der Waals surface area contributed by atoms with Gasteiger partial charge in [0, 0.05) is 22.5 Å². The van der Waals surface area contributed by atoms with Gasteiger partial charge in [0.05, 0.1) is 5.88 Å². The van der Waals surface area contributed by atoms with Crippen molar-refractivity contribution in [3.8, 4) is 11.8 Å². The van der Waals surface area contributed by atoms with E-state index in [4.69, 9.17) is 27.9 Å². The van der Waals surface area contributed by atoms with Crippen LogP contribution in [0.2, 0.25) is 5.02 Å². The van der Waals surface area contributed by atoms with Crippen molar-refractivity contribution in [1.82, 2.24) is 9.97 Å². The van der Waals surface area contributed by atoms with Gasteiger partial charge in [-0.25, -0.2) is 4.98 Å². The molecule has 2 aromatic rings. The molecule has 2 rings (SSSR count). The average molecular weight is 297 g/mol. The van der Waals surface area contributed by atoms with E-state index in [1.807, 2.05) is 26.0 Å². The maximum Gasteiger partial charge on any atom is 0.322 e. The summed E-state index contributed by atoms with van der Waals surface area (Å²) in [5, 5.41) is 0.740. The van der Waals surface area contributed by atoms with Crippen molar-refractivity contribution < 1.29 is 4.74 Å². The summed E-state index contributed by atoms with van der Waals surface area (Å²) >= 11 is 11.8. The molecule has 0 aliphatic heterocycles. The van der Waals surface area contributed by atoms with Crippen LogP contribution in [-0.2, 0) is 12.3 Å². The highest BCUT2D eigenvalue weighted by Gasteiger charge is 2.06. The molecule has 0 N–H and O–H groups in total. The normalized spacial score (nSPS) is 10.5. The molecule has 3 nitrogen and oxygen atoms in total. The summed E-state index contributed by atoms with van der Waals surface area (Å²) in [6.45, 7) is 3.92. The van der Waals surface area contributed by atoms with Gasteiger partial charge in [0.15, 0.2) is 0 Å². The van der Waals surface area contributed by atoms with Crippen LogP contribution in [0, 0.1) is 6.92 Å². The van der Waals surface area contributed by atoms with Gasteiger partial charge >= 0.3 is 6.01 Å². The lowest BCUT2D eigenvalue weighted by Crippen LogP contribution is -1.97. The first-order valence-electron chi connectivity index (χ1n) is 5.98. The van der Waals surface area contributed by atoms with Crippen LogP contribution in [0.25, 0.3) is 0 Å². The van der Waals surface area contributed by atoms with Gasteiger partial charge in [-0.1, -0.05) is 18.5 Å². The van der Waals surface area contributed by atoms with E-state index in [1.54, 1.807) is 12.3 Å². The minimum atomic E-state index is 0.316. The molecule has 0 amide bonds. The third kappa shape index (κ3) is 3.37. The van der Waals surface area contributed by atoms with Crippen molar-refractivity contribution in [2.45, 2.75) is 26.1 Å². The van der Waals surface area contributed by atoms with Crippen molar-refractivity contribution >= 4 is 23.2 Å². The number of aryl methyl sites for hydroxylation is 2. The number of hydrogen-bond acceptors (Lipinski definition) is 3. The topological polar surface area (TPSA) is 35.0 Å². The molecule has 0 unspecified atom stereocenters. The maximum absolute atomic E-state index is 6.06. The zero-order valence-corrected chi connectivity index (χ0v) is 12.3. The van der Waals surface area contributed by atoms with Crippen molar-refractivity contribution in [2.75, 3.05) is 0 Å². The molecule has 1 heterocycles. The lowest BCUT2D eigenvalue weighted by Gasteiger charge is -2.08. The lowest BCUT2D eigenvalue weighted by molar-refractivity contribution is 0.439. The van der Waals surface area contributed by atoms with Crippen LogP contribution < -0.4 is 4.74 Å². The summed E-state index contributed by atoms with van der Waals surface area (Å²) in [5.41, 5.74) is 2.76. The zero-order valence-electron chi connectivity index (χ0n) is 10.8. The molecule has 100 valence electrons. The van der Waals surface area contributed by atoms with Crippen molar-refractivity contribution in [3.63, 3.8) is 0 Å². The summed E-state index contributed by atoms with van der Waals surface area (Å²) in [5.74, 6) is 1.08. The lowest BCUT2D eigenvalue weighted by atomic mass is 10.1. The fraction of sp³-hybridized carbons (Fsp3) is 0.286. The van der Waals surface area contributed by atoms with Gasteiger partial charge in [-0.3, -0.25) is 0 Å². The first-order valence-corrected chi connectivity index (χ1v) is 6.90. The van der Waals surface area contributed by atoms with Crippen LogP contribution >= 0.6 is 23.2 Å². The summed E-state index contributed by atoms with van der Waals surface area (Å²) in [7, 11) is 0. The Morgan fingerprint density at radius 1 is 1.26 bits per heavy atom. The Labute approximate surface area is 122 Å². The number of ether oxygens (including phenoxy) is 1. The molecule has 19 heavy (non-hydrogen) atoms. The van der Waals surface area contributed by atoms with Gasteiger partial charge in [0.1, 0.15) is 5.75 Å². The van der Waals surface area contributed by atoms with E-state index in [1.165, 1.54) is 0 Å². The molecule has 0 radical (unpaired) electrons. The molecular weight excluding hydrogens is 283 g/mol. The van der Waals surface area contributed by atoms with Crippen LogP contribution in [0.4, 0.5) is 0 Å². The quantitative estimate of drug-likeness (QED) is 0.778. The predicted octanol–water partition coefficient (Wildman–Crippen LogP) is 4.53. The second kappa shape index (κ2) is 6.22. The number of halogens is 2. The molecule has 0 bridgehead atoms. The van der Waals surface area contributed by atoms with E-state index in [2.05, 4.69) is 9.97 Å². The van der Waals surface area contributed by atoms with Gasteiger partial charge in [-0.05, 0) is 37.1 Å². The molecule has 0 spiro atoms. The summed E-state index contributed by atoms with van der Waals surface area (Å²) in [6.07, 6.45) is 2.53. The van der Waals surface area contributed by atoms with E-state index >= 15 is 0 Å². The Morgan fingerprint density at radius 3 is 2.68 bits per heavy atom. The van der Waals surface area contributed by atoms with Crippen LogP contribution in [0.3, 0.4) is 0 Å². The zero-order chi connectivity index (χ0) is 13.8. The molecule has 0 fully saturated rings. The Bertz CT molecular complexity index is 588. The number of alkyl halides is 1. The van der Waals surface area contributed by atoms with Gasteiger partial charge in [0.2, 0.25) is 0 Å². The van der Waals surface area contributed by atoms with E-state index in [-0.39, 0.29) is 0 Å². The predicted molar refractivity (Wildman–Crippen MR) is 77.2 cm³/mol. The van der Waals surface area contributed by atoms with Gasteiger partial charge in [-0.15, -0.1) is 11.6 Å². The average Bonchev–Trinajstić information content (AvgIpc) is 2.41. The third-order valence-electron chi connectivity index (χ3n) is 2.81. The molecule has 0 aliphatic rings. The monoisotopic (exact) mass is 296 g/mol. The van der Waals surface area contributed by atoms with Gasteiger partial charge < -0.3 is 4.74 Å². The smallest absolute Gasteiger partial charge is 0.322 e. The SMILES string of the molecule is CCc1cc(Oc2ncc(CCl)c(C)n2)ccc1Cl. The number of nitrogens with zero attached hydrogens (tertiary/aromatic N) is 2.